The predicted octanol–water partition coefficient (Wildman–Crippen LogP) is 0.786. The summed E-state index contributed by atoms with van der Waals surface area (Å²) in [5.74, 6) is 0.137. The van der Waals surface area contributed by atoms with Gasteiger partial charge in [-0.1, -0.05) is 20.8 Å². The highest BCUT2D eigenvalue weighted by atomic mass is 16.5. The lowest BCUT2D eigenvalue weighted by Gasteiger charge is -2.41. The first kappa shape index (κ1) is 14.3. The largest absolute Gasteiger partial charge is 0.381 e. The van der Waals surface area contributed by atoms with Gasteiger partial charge in [0.05, 0.1) is 6.54 Å². The van der Waals surface area contributed by atoms with Crippen LogP contribution < -0.4 is 5.32 Å². The molecule has 0 radical (unpaired) electrons. The topological polar surface area (TPSA) is 58.6 Å². The highest BCUT2D eigenvalue weighted by molar-refractivity contribution is 5.95. The lowest BCUT2D eigenvalue weighted by molar-refractivity contribution is -0.148. The van der Waals surface area contributed by atoms with Crippen molar-refractivity contribution in [1.29, 1.82) is 0 Å². The van der Waals surface area contributed by atoms with E-state index in [9.17, 15) is 9.59 Å². The Morgan fingerprint density at radius 3 is 2.58 bits per heavy atom. The molecule has 5 heteroatoms. The van der Waals surface area contributed by atoms with Gasteiger partial charge in [0.25, 0.3) is 0 Å². The van der Waals surface area contributed by atoms with E-state index in [1.807, 2.05) is 13.8 Å². The second-order valence-corrected chi connectivity index (χ2v) is 6.41. The van der Waals surface area contributed by atoms with Gasteiger partial charge in [0.15, 0.2) is 0 Å². The molecule has 0 bridgehead atoms. The average Bonchev–Trinajstić information content (AvgIpc) is 2.33. The molecule has 2 rings (SSSR count). The minimum absolute atomic E-state index is 0.0473. The van der Waals surface area contributed by atoms with Crippen molar-refractivity contribution in [3.63, 3.8) is 0 Å². The number of nitrogens with zero attached hydrogens (tertiary/aromatic N) is 1. The van der Waals surface area contributed by atoms with Crippen LogP contribution in [0, 0.1) is 11.3 Å². The van der Waals surface area contributed by atoms with Gasteiger partial charge < -0.3 is 15.0 Å². The van der Waals surface area contributed by atoms with Gasteiger partial charge in [0.1, 0.15) is 6.04 Å². The third kappa shape index (κ3) is 3.26. The molecule has 2 aliphatic rings. The Bertz CT molecular complexity index is 362. The molecule has 2 heterocycles. The molecule has 1 unspecified atom stereocenters. The van der Waals surface area contributed by atoms with Crippen LogP contribution in [-0.2, 0) is 14.3 Å². The number of piperazine rings is 1. The average molecular weight is 268 g/mol. The fourth-order valence-corrected chi connectivity index (χ4v) is 2.80. The Labute approximate surface area is 114 Å². The van der Waals surface area contributed by atoms with Crippen molar-refractivity contribution in [3.05, 3.63) is 0 Å². The van der Waals surface area contributed by atoms with Crippen LogP contribution >= 0.6 is 0 Å². The van der Waals surface area contributed by atoms with Crippen molar-refractivity contribution in [1.82, 2.24) is 10.2 Å². The van der Waals surface area contributed by atoms with E-state index in [4.69, 9.17) is 4.74 Å². The highest BCUT2D eigenvalue weighted by Gasteiger charge is 2.38. The van der Waals surface area contributed by atoms with Crippen molar-refractivity contribution in [2.45, 2.75) is 39.7 Å². The second kappa shape index (κ2) is 5.49. The van der Waals surface area contributed by atoms with Crippen LogP contribution in [0.2, 0.25) is 0 Å². The summed E-state index contributed by atoms with van der Waals surface area (Å²) in [6.07, 6.45) is 1.90. The Hall–Kier alpha value is -1.10. The quantitative estimate of drug-likeness (QED) is 0.823. The van der Waals surface area contributed by atoms with Gasteiger partial charge in [-0.15, -0.1) is 0 Å². The fraction of sp³-hybridized carbons (Fsp3) is 0.857. The van der Waals surface area contributed by atoms with Crippen LogP contribution in [0.3, 0.4) is 0 Å². The third-order valence-electron chi connectivity index (χ3n) is 4.17. The summed E-state index contributed by atoms with van der Waals surface area (Å²) >= 11 is 0. The normalized spacial score (nSPS) is 27.6. The van der Waals surface area contributed by atoms with Crippen LogP contribution in [0.15, 0.2) is 0 Å². The van der Waals surface area contributed by atoms with Crippen LogP contribution in [0.4, 0.5) is 0 Å². The zero-order valence-corrected chi connectivity index (χ0v) is 12.1. The van der Waals surface area contributed by atoms with Gasteiger partial charge in [-0.3, -0.25) is 9.59 Å². The van der Waals surface area contributed by atoms with Crippen LogP contribution in [-0.4, -0.2) is 49.1 Å². The minimum atomic E-state index is -0.371. The minimum Gasteiger partial charge on any atom is -0.381 e. The van der Waals surface area contributed by atoms with E-state index in [2.05, 4.69) is 12.2 Å². The van der Waals surface area contributed by atoms with Crippen molar-refractivity contribution in [3.8, 4) is 0 Å². The standard InChI is InChI=1S/C14H24N2O3/c1-10(2)12-13(18)16(8-11(17)15-12)9-14(3)4-6-19-7-5-14/h10,12H,4-9H2,1-3H3,(H,15,17). The van der Waals surface area contributed by atoms with Crippen LogP contribution in [0.25, 0.3) is 0 Å². The molecule has 2 saturated heterocycles. The maximum Gasteiger partial charge on any atom is 0.245 e. The maximum absolute atomic E-state index is 12.4. The van der Waals surface area contributed by atoms with E-state index in [0.29, 0.717) is 6.54 Å². The molecule has 2 aliphatic heterocycles. The molecule has 0 spiro atoms. The number of rotatable bonds is 3. The number of nitrogens with one attached hydrogen (secondary N) is 1. The van der Waals surface area contributed by atoms with Crippen LogP contribution in [0.5, 0.6) is 0 Å². The van der Waals surface area contributed by atoms with Gasteiger partial charge in [0, 0.05) is 19.8 Å². The van der Waals surface area contributed by atoms with Gasteiger partial charge in [-0.2, -0.15) is 0 Å². The zero-order chi connectivity index (χ0) is 14.0. The molecule has 0 aromatic heterocycles. The Balaban J connectivity index is 2.05. The first-order valence-corrected chi connectivity index (χ1v) is 7.07. The molecule has 5 nitrogen and oxygen atoms in total. The van der Waals surface area contributed by atoms with E-state index in [0.717, 1.165) is 26.1 Å². The molecule has 19 heavy (non-hydrogen) atoms. The van der Waals surface area contributed by atoms with E-state index in [1.54, 1.807) is 4.90 Å². The SMILES string of the molecule is CC(C)C1NC(=O)CN(CC2(C)CCOCC2)C1=O. The highest BCUT2D eigenvalue weighted by Crippen LogP contribution is 2.31. The van der Waals surface area contributed by atoms with E-state index in [-0.39, 0.29) is 35.7 Å². The maximum atomic E-state index is 12.4. The van der Waals surface area contributed by atoms with E-state index < -0.39 is 0 Å². The second-order valence-electron chi connectivity index (χ2n) is 6.41. The number of ether oxygens (including phenoxy) is 1. The Kier molecular flexibility index (Phi) is 4.13. The summed E-state index contributed by atoms with van der Waals surface area (Å²) in [4.78, 5) is 25.9. The third-order valence-corrected chi connectivity index (χ3v) is 4.17. The summed E-state index contributed by atoms with van der Waals surface area (Å²) in [6.45, 7) is 8.45. The summed E-state index contributed by atoms with van der Waals surface area (Å²) in [7, 11) is 0. The number of carbonyl (C=O) groups excluding carboxylic acids is 2. The molecule has 108 valence electrons. The predicted molar refractivity (Wildman–Crippen MR) is 71.5 cm³/mol. The number of carbonyl (C=O) groups is 2. The Morgan fingerprint density at radius 2 is 2.00 bits per heavy atom. The molecule has 2 fully saturated rings. The summed E-state index contributed by atoms with van der Waals surface area (Å²) in [6, 6.07) is -0.371. The van der Waals surface area contributed by atoms with E-state index >= 15 is 0 Å². The fourth-order valence-electron chi connectivity index (χ4n) is 2.80. The summed E-state index contributed by atoms with van der Waals surface area (Å²) in [5, 5.41) is 2.79. The number of hydrogen-bond acceptors (Lipinski definition) is 3. The van der Waals surface area contributed by atoms with Gasteiger partial charge in [-0.25, -0.2) is 0 Å². The van der Waals surface area contributed by atoms with Gasteiger partial charge >= 0.3 is 0 Å². The molecule has 0 saturated carbocycles. The molecular weight excluding hydrogens is 244 g/mol. The molecule has 2 amide bonds. The molecule has 0 aromatic carbocycles. The van der Waals surface area contributed by atoms with E-state index in [1.165, 1.54) is 0 Å². The lowest BCUT2D eigenvalue weighted by Crippen LogP contribution is -2.61. The first-order chi connectivity index (χ1) is 8.91. The summed E-state index contributed by atoms with van der Waals surface area (Å²) < 4.78 is 5.38. The molecule has 0 aromatic rings. The van der Waals surface area contributed by atoms with Crippen molar-refractivity contribution in [2.24, 2.45) is 11.3 Å². The summed E-state index contributed by atoms with van der Waals surface area (Å²) in [5.41, 5.74) is 0.0764. The molecule has 0 aliphatic carbocycles. The number of hydrogen-bond donors (Lipinski definition) is 1. The Morgan fingerprint density at radius 1 is 1.37 bits per heavy atom. The molecule has 1 N–H and O–H groups in total. The van der Waals surface area contributed by atoms with Crippen molar-refractivity contribution in [2.75, 3.05) is 26.3 Å². The van der Waals surface area contributed by atoms with Crippen molar-refractivity contribution >= 4 is 11.8 Å². The molecular formula is C14H24N2O3. The van der Waals surface area contributed by atoms with Crippen molar-refractivity contribution < 1.29 is 14.3 Å². The monoisotopic (exact) mass is 268 g/mol. The lowest BCUT2D eigenvalue weighted by atomic mass is 9.81. The number of amides is 2. The first-order valence-electron chi connectivity index (χ1n) is 7.07. The smallest absolute Gasteiger partial charge is 0.245 e. The van der Waals surface area contributed by atoms with Gasteiger partial charge in [-0.05, 0) is 24.2 Å². The molecule has 1 atom stereocenters. The van der Waals surface area contributed by atoms with Gasteiger partial charge in [0.2, 0.25) is 11.8 Å². The zero-order valence-electron chi connectivity index (χ0n) is 12.1. The van der Waals surface area contributed by atoms with Crippen LogP contribution in [0.1, 0.15) is 33.6 Å².